The van der Waals surface area contributed by atoms with E-state index in [9.17, 15) is 0 Å². The van der Waals surface area contributed by atoms with Gasteiger partial charge in [-0.1, -0.05) is 13.8 Å². The first-order valence-electron chi connectivity index (χ1n) is 2.85. The zero-order chi connectivity index (χ0) is 5.98. The zero-order valence-electron chi connectivity index (χ0n) is 5.23. The number of rotatable bonds is 1. The summed E-state index contributed by atoms with van der Waals surface area (Å²) in [7, 11) is 0. The Hall–Kier alpha value is -0.720. The number of hydrogen-bond acceptors (Lipinski definition) is 0. The standard InChI is InChI=1S/C7H10N/c1-6(2)7-4-3-5-8-7/h3-4,6,8H,1-2H3. The highest BCUT2D eigenvalue weighted by atomic mass is 14.7. The maximum absolute atomic E-state index is 3.01. The molecule has 0 aromatic carbocycles. The molecule has 1 aromatic heterocycles. The lowest BCUT2D eigenvalue weighted by Crippen LogP contribution is -1.83. The van der Waals surface area contributed by atoms with Crippen molar-refractivity contribution in [1.82, 2.24) is 4.98 Å². The minimum atomic E-state index is 0.598. The topological polar surface area (TPSA) is 15.8 Å². The molecule has 1 aromatic rings. The minimum absolute atomic E-state index is 0.598. The van der Waals surface area contributed by atoms with E-state index in [0.29, 0.717) is 5.92 Å². The predicted octanol–water partition coefficient (Wildman–Crippen LogP) is 1.94. The van der Waals surface area contributed by atoms with E-state index in [1.165, 1.54) is 5.69 Å². The number of hydrogen-bond donors (Lipinski definition) is 1. The molecule has 0 unspecified atom stereocenters. The summed E-state index contributed by atoms with van der Waals surface area (Å²) in [6.07, 6.45) is 2.89. The second-order valence-electron chi connectivity index (χ2n) is 2.21. The maximum Gasteiger partial charge on any atom is 0.0621 e. The van der Waals surface area contributed by atoms with Gasteiger partial charge < -0.3 is 4.98 Å². The van der Waals surface area contributed by atoms with Gasteiger partial charge in [0.25, 0.3) is 0 Å². The fraction of sp³-hybridized carbons (Fsp3) is 0.429. The molecule has 0 fully saturated rings. The average Bonchev–Trinajstić information content (AvgIpc) is 2.12. The molecule has 1 rings (SSSR count). The van der Waals surface area contributed by atoms with E-state index in [2.05, 4.69) is 25.0 Å². The van der Waals surface area contributed by atoms with Crippen molar-refractivity contribution in [2.45, 2.75) is 19.8 Å². The quantitative estimate of drug-likeness (QED) is 0.565. The van der Waals surface area contributed by atoms with Gasteiger partial charge in [-0.05, 0) is 18.1 Å². The van der Waals surface area contributed by atoms with Crippen molar-refractivity contribution < 1.29 is 0 Å². The molecule has 0 bridgehead atoms. The molecule has 8 heavy (non-hydrogen) atoms. The first kappa shape index (κ1) is 5.42. The summed E-state index contributed by atoms with van der Waals surface area (Å²) in [4.78, 5) is 3.01. The van der Waals surface area contributed by atoms with Crippen LogP contribution >= 0.6 is 0 Å². The smallest absolute Gasteiger partial charge is 0.0621 e. The van der Waals surface area contributed by atoms with E-state index in [-0.39, 0.29) is 0 Å². The first-order chi connectivity index (χ1) is 3.80. The first-order valence-corrected chi connectivity index (χ1v) is 2.85. The van der Waals surface area contributed by atoms with Crippen LogP contribution in [0.25, 0.3) is 0 Å². The van der Waals surface area contributed by atoms with E-state index >= 15 is 0 Å². The Morgan fingerprint density at radius 3 is 2.62 bits per heavy atom. The van der Waals surface area contributed by atoms with Crippen LogP contribution in [-0.4, -0.2) is 4.98 Å². The number of H-pyrrole nitrogens is 1. The van der Waals surface area contributed by atoms with Crippen molar-refractivity contribution in [3.05, 3.63) is 24.0 Å². The Labute approximate surface area is 49.7 Å². The molecule has 0 aliphatic rings. The van der Waals surface area contributed by atoms with Gasteiger partial charge in [0.1, 0.15) is 0 Å². The highest BCUT2D eigenvalue weighted by Crippen LogP contribution is 2.08. The van der Waals surface area contributed by atoms with Gasteiger partial charge >= 0.3 is 0 Å². The fourth-order valence-corrected chi connectivity index (χ4v) is 0.635. The van der Waals surface area contributed by atoms with Crippen molar-refractivity contribution in [3.8, 4) is 0 Å². The molecule has 0 atom stereocenters. The van der Waals surface area contributed by atoms with Crippen LogP contribution in [0.1, 0.15) is 25.5 Å². The molecule has 0 aliphatic heterocycles. The third-order valence-corrected chi connectivity index (χ3v) is 1.18. The van der Waals surface area contributed by atoms with Crippen LogP contribution in [0, 0.1) is 6.20 Å². The van der Waals surface area contributed by atoms with Crippen LogP contribution in [-0.2, 0) is 0 Å². The van der Waals surface area contributed by atoms with Gasteiger partial charge in [-0.25, -0.2) is 0 Å². The summed E-state index contributed by atoms with van der Waals surface area (Å²) in [6.45, 7) is 4.30. The normalized spacial score (nSPS) is 10.4. The minimum Gasteiger partial charge on any atom is -0.357 e. The lowest BCUT2D eigenvalue weighted by atomic mass is 10.1. The number of nitrogens with one attached hydrogen (secondary N) is 1. The molecule has 1 radical (unpaired) electrons. The van der Waals surface area contributed by atoms with Crippen molar-refractivity contribution in [1.29, 1.82) is 0 Å². The lowest BCUT2D eigenvalue weighted by Gasteiger charge is -1.96. The van der Waals surface area contributed by atoms with Crippen LogP contribution < -0.4 is 0 Å². The van der Waals surface area contributed by atoms with Crippen molar-refractivity contribution in [2.24, 2.45) is 0 Å². The lowest BCUT2D eigenvalue weighted by molar-refractivity contribution is 0.832. The Bertz CT molecular complexity index is 139. The molecule has 0 saturated heterocycles. The summed E-state index contributed by atoms with van der Waals surface area (Å²) in [5, 5.41) is 0. The molecule has 43 valence electrons. The Kier molecular flexibility index (Phi) is 1.38. The third kappa shape index (κ3) is 0.915. The number of aromatic amines is 1. The highest BCUT2D eigenvalue weighted by Gasteiger charge is 1.95. The second-order valence-corrected chi connectivity index (χ2v) is 2.21. The zero-order valence-corrected chi connectivity index (χ0v) is 5.23. The molecule has 1 nitrogen and oxygen atoms in total. The van der Waals surface area contributed by atoms with Crippen LogP contribution in [0.5, 0.6) is 0 Å². The van der Waals surface area contributed by atoms with Gasteiger partial charge in [-0.3, -0.25) is 0 Å². The van der Waals surface area contributed by atoms with Crippen molar-refractivity contribution in [3.63, 3.8) is 0 Å². The Morgan fingerprint density at radius 2 is 2.38 bits per heavy atom. The van der Waals surface area contributed by atoms with Gasteiger partial charge in [0.2, 0.25) is 0 Å². The monoisotopic (exact) mass is 108 g/mol. The van der Waals surface area contributed by atoms with Gasteiger partial charge in [0, 0.05) is 5.69 Å². The van der Waals surface area contributed by atoms with E-state index in [4.69, 9.17) is 0 Å². The molecule has 0 amide bonds. The van der Waals surface area contributed by atoms with Crippen LogP contribution in [0.3, 0.4) is 0 Å². The largest absolute Gasteiger partial charge is 0.357 e. The third-order valence-electron chi connectivity index (χ3n) is 1.18. The molecule has 1 N–H and O–H groups in total. The van der Waals surface area contributed by atoms with Crippen LogP contribution in [0.15, 0.2) is 12.1 Å². The highest BCUT2D eigenvalue weighted by molar-refractivity contribution is 5.06. The molecular formula is C7H10N. The second kappa shape index (κ2) is 2.03. The van der Waals surface area contributed by atoms with E-state index in [0.717, 1.165) is 0 Å². The van der Waals surface area contributed by atoms with E-state index in [1.807, 2.05) is 12.1 Å². The summed E-state index contributed by atoms with van der Waals surface area (Å²) < 4.78 is 0. The predicted molar refractivity (Wildman–Crippen MR) is 33.7 cm³/mol. The van der Waals surface area contributed by atoms with Gasteiger partial charge in [0.05, 0.1) is 6.20 Å². The summed E-state index contributed by atoms with van der Waals surface area (Å²) in [6, 6.07) is 3.94. The van der Waals surface area contributed by atoms with Crippen molar-refractivity contribution in [2.75, 3.05) is 0 Å². The van der Waals surface area contributed by atoms with Gasteiger partial charge in [-0.15, -0.1) is 0 Å². The van der Waals surface area contributed by atoms with Gasteiger partial charge in [0.15, 0.2) is 0 Å². The summed E-state index contributed by atoms with van der Waals surface area (Å²) in [5.41, 5.74) is 1.25. The van der Waals surface area contributed by atoms with Crippen molar-refractivity contribution >= 4 is 0 Å². The van der Waals surface area contributed by atoms with E-state index in [1.54, 1.807) is 0 Å². The van der Waals surface area contributed by atoms with Crippen LogP contribution in [0.4, 0.5) is 0 Å². The Morgan fingerprint density at radius 1 is 1.62 bits per heavy atom. The number of aromatic nitrogens is 1. The fourth-order valence-electron chi connectivity index (χ4n) is 0.635. The summed E-state index contributed by atoms with van der Waals surface area (Å²) >= 11 is 0. The van der Waals surface area contributed by atoms with Crippen LogP contribution in [0.2, 0.25) is 0 Å². The SMILES string of the molecule is CC(C)c1cc[c][nH]1. The molecule has 1 heteroatoms. The molecule has 0 saturated carbocycles. The average molecular weight is 108 g/mol. The Balaban J connectivity index is 2.77. The molecule has 0 aliphatic carbocycles. The van der Waals surface area contributed by atoms with E-state index < -0.39 is 0 Å². The molecule has 0 spiro atoms. The molecule has 1 heterocycles. The summed E-state index contributed by atoms with van der Waals surface area (Å²) in [5.74, 6) is 0.598. The maximum atomic E-state index is 3.01. The van der Waals surface area contributed by atoms with Gasteiger partial charge in [-0.2, -0.15) is 0 Å². The molecular weight excluding hydrogens is 98.1 g/mol.